The molecule has 0 unspecified atom stereocenters. The number of nitrogens with two attached hydrogens (primary N) is 1. The van der Waals surface area contributed by atoms with E-state index in [4.69, 9.17) is 5.73 Å². The second-order valence-corrected chi connectivity index (χ2v) is 10.7. The Balaban J connectivity index is 2.00. The normalized spacial score (nSPS) is 14.3. The maximum atomic E-state index is 15.4. The van der Waals surface area contributed by atoms with Crippen molar-refractivity contribution in [2.75, 3.05) is 30.0 Å². The fraction of sp³-hybridized carbons (Fsp3) is 0.348. The van der Waals surface area contributed by atoms with E-state index in [1.165, 1.54) is 6.92 Å². The van der Waals surface area contributed by atoms with Crippen molar-refractivity contribution in [3.63, 3.8) is 0 Å². The smallest absolute Gasteiger partial charge is 0.359 e. The monoisotopic (exact) mass is 539 g/mol. The number of halogens is 3. The fourth-order valence-corrected chi connectivity index (χ4v) is 4.76. The number of pyridine rings is 2. The first kappa shape index (κ1) is 26.4. The first-order chi connectivity index (χ1) is 17.2. The van der Waals surface area contributed by atoms with Crippen molar-refractivity contribution >= 4 is 38.5 Å². The maximum Gasteiger partial charge on any atom is 0.359 e. The molecule has 3 aromatic rings. The Morgan fingerprint density at radius 2 is 1.84 bits per heavy atom. The van der Waals surface area contributed by atoms with Crippen LogP contribution in [0.4, 0.5) is 24.7 Å². The van der Waals surface area contributed by atoms with Crippen molar-refractivity contribution in [3.05, 3.63) is 57.1 Å². The molecule has 1 aliphatic heterocycles. The van der Waals surface area contributed by atoms with Crippen LogP contribution in [0.3, 0.4) is 0 Å². The second kappa shape index (κ2) is 9.34. The number of hydrogen-bond donors (Lipinski definition) is 2. The number of nitrogens with one attached hydrogen (secondary N) is 1. The fourth-order valence-electron chi connectivity index (χ4n) is 4.40. The minimum atomic E-state index is -4.33. The molecule has 0 saturated carbocycles. The van der Waals surface area contributed by atoms with Gasteiger partial charge in [0, 0.05) is 43.0 Å². The van der Waals surface area contributed by atoms with Crippen molar-refractivity contribution in [2.45, 2.75) is 32.9 Å². The number of carbonyl (C=O) groups excluding carboxylic acids is 1. The number of nitrogen functional groups attached to an aromatic ring is 1. The zero-order valence-corrected chi connectivity index (χ0v) is 21.1. The molecule has 0 spiro atoms. The number of hydrogen-bond acceptors (Lipinski definition) is 9. The number of anilines is 2. The van der Waals surface area contributed by atoms with Crippen LogP contribution in [-0.2, 0) is 14.3 Å². The van der Waals surface area contributed by atoms with Crippen LogP contribution in [0.5, 0.6) is 0 Å². The number of aromatic nitrogens is 2. The Bertz CT molecular complexity index is 1600. The molecule has 0 radical (unpaired) electrons. The van der Waals surface area contributed by atoms with Gasteiger partial charge in [-0.1, -0.05) is 13.8 Å². The number of aryl methyl sites for hydroxylation is 1. The van der Waals surface area contributed by atoms with E-state index in [9.17, 15) is 26.8 Å². The third kappa shape index (κ3) is 4.98. The Morgan fingerprint density at radius 3 is 2.43 bits per heavy atom. The van der Waals surface area contributed by atoms with Crippen molar-refractivity contribution in [1.82, 2.24) is 14.9 Å². The Labute approximate surface area is 210 Å². The summed E-state index contributed by atoms with van der Waals surface area (Å²) in [6.07, 6.45) is 1.41. The molecule has 1 saturated heterocycles. The van der Waals surface area contributed by atoms with Crippen LogP contribution in [0.1, 0.15) is 29.8 Å². The molecule has 2 aromatic heterocycles. The van der Waals surface area contributed by atoms with Crippen LogP contribution in [0.15, 0.2) is 23.1 Å². The third-order valence-electron chi connectivity index (χ3n) is 5.83. The van der Waals surface area contributed by atoms with E-state index in [-0.39, 0.29) is 34.2 Å². The minimum Gasteiger partial charge on any atom is -0.381 e. The van der Waals surface area contributed by atoms with Gasteiger partial charge in [-0.3, -0.25) is 9.36 Å². The first-order valence-electron chi connectivity index (χ1n) is 11.1. The lowest BCUT2D eigenvalue weighted by atomic mass is 10.00. The SMILES string of the molecule is Cc1c(N2CC(NC(C)C)C2)c(F)cc2c(=O)c(C(=O)OS(C)(=O)=O)cn(-c3nc(N)c(F)cc3F)c12. The molecule has 37 heavy (non-hydrogen) atoms. The number of benzene rings is 1. The van der Waals surface area contributed by atoms with Crippen LogP contribution >= 0.6 is 0 Å². The highest BCUT2D eigenvalue weighted by molar-refractivity contribution is 7.86. The molecule has 0 atom stereocenters. The zero-order valence-electron chi connectivity index (χ0n) is 20.3. The number of fused-ring (bicyclic) bond motifs is 1. The number of rotatable bonds is 6. The highest BCUT2D eigenvalue weighted by Gasteiger charge is 2.32. The molecule has 3 N–H and O–H groups in total. The molecule has 10 nitrogen and oxygen atoms in total. The van der Waals surface area contributed by atoms with Gasteiger partial charge in [-0.25, -0.2) is 22.9 Å². The molecule has 0 amide bonds. The van der Waals surface area contributed by atoms with Crippen molar-refractivity contribution < 1.29 is 30.6 Å². The van der Waals surface area contributed by atoms with Gasteiger partial charge in [-0.2, -0.15) is 8.42 Å². The van der Waals surface area contributed by atoms with E-state index < -0.39 is 56.2 Å². The maximum absolute atomic E-state index is 15.4. The quantitative estimate of drug-likeness (QED) is 0.451. The molecule has 4 rings (SSSR count). The van der Waals surface area contributed by atoms with Gasteiger partial charge >= 0.3 is 16.1 Å². The Hall–Kier alpha value is -3.65. The summed E-state index contributed by atoms with van der Waals surface area (Å²) in [6, 6.07) is 1.65. The molecular formula is C23H24F3N5O5S. The van der Waals surface area contributed by atoms with E-state index in [1.54, 1.807) is 4.90 Å². The lowest BCUT2D eigenvalue weighted by Gasteiger charge is -2.43. The van der Waals surface area contributed by atoms with Gasteiger partial charge in [0.25, 0.3) is 0 Å². The van der Waals surface area contributed by atoms with Crippen LogP contribution in [0.25, 0.3) is 16.7 Å². The van der Waals surface area contributed by atoms with Gasteiger partial charge in [0.1, 0.15) is 11.4 Å². The van der Waals surface area contributed by atoms with Crippen LogP contribution in [-0.4, -0.2) is 55.4 Å². The lowest BCUT2D eigenvalue weighted by Crippen LogP contribution is -2.60. The summed E-state index contributed by atoms with van der Waals surface area (Å²) in [7, 11) is -4.33. The predicted molar refractivity (Wildman–Crippen MR) is 131 cm³/mol. The van der Waals surface area contributed by atoms with Gasteiger partial charge in [-0.15, -0.1) is 0 Å². The average Bonchev–Trinajstić information content (AvgIpc) is 2.73. The summed E-state index contributed by atoms with van der Waals surface area (Å²) in [4.78, 5) is 31.2. The molecule has 14 heteroatoms. The molecule has 1 aliphatic rings. The van der Waals surface area contributed by atoms with Crippen molar-refractivity contribution in [3.8, 4) is 5.82 Å². The highest BCUT2D eigenvalue weighted by atomic mass is 32.2. The molecule has 1 aromatic carbocycles. The minimum absolute atomic E-state index is 0.0324. The summed E-state index contributed by atoms with van der Waals surface area (Å²) in [5, 5.41) is 2.96. The van der Waals surface area contributed by atoms with E-state index in [0.717, 1.165) is 16.8 Å². The molecule has 0 bridgehead atoms. The molecular weight excluding hydrogens is 515 g/mol. The van der Waals surface area contributed by atoms with Gasteiger partial charge in [0.15, 0.2) is 23.3 Å². The third-order valence-corrected chi connectivity index (χ3v) is 6.29. The van der Waals surface area contributed by atoms with Gasteiger partial charge in [0.2, 0.25) is 5.43 Å². The topological polar surface area (TPSA) is 137 Å². The summed E-state index contributed by atoms with van der Waals surface area (Å²) >= 11 is 0. The molecule has 0 aliphatic carbocycles. The summed E-state index contributed by atoms with van der Waals surface area (Å²) in [5.74, 6) is -5.95. The van der Waals surface area contributed by atoms with Crippen molar-refractivity contribution in [1.29, 1.82) is 0 Å². The number of carbonyl (C=O) groups is 1. The van der Waals surface area contributed by atoms with Crippen LogP contribution in [0.2, 0.25) is 0 Å². The molecule has 198 valence electrons. The van der Waals surface area contributed by atoms with E-state index in [1.807, 2.05) is 13.8 Å². The molecule has 3 heterocycles. The summed E-state index contributed by atoms with van der Waals surface area (Å²) in [6.45, 7) is 6.37. The summed E-state index contributed by atoms with van der Waals surface area (Å²) < 4.78 is 72.4. The van der Waals surface area contributed by atoms with Crippen LogP contribution < -0.4 is 21.4 Å². The zero-order chi connectivity index (χ0) is 27.4. The van der Waals surface area contributed by atoms with E-state index in [0.29, 0.717) is 25.4 Å². The lowest BCUT2D eigenvalue weighted by molar-refractivity contribution is 0.0746. The van der Waals surface area contributed by atoms with Gasteiger partial charge in [0.05, 0.1) is 22.8 Å². The van der Waals surface area contributed by atoms with Gasteiger partial charge in [-0.05, 0) is 13.0 Å². The van der Waals surface area contributed by atoms with E-state index in [2.05, 4.69) is 14.5 Å². The average molecular weight is 540 g/mol. The molecule has 1 fully saturated rings. The second-order valence-electron chi connectivity index (χ2n) is 9.13. The first-order valence-corrected chi connectivity index (χ1v) is 12.9. The standard InChI is InChI=1S/C23H24F3N5O5S/c1-10(2)28-12-7-30(8-12)19-11(3)18-13(5-15(19)24)20(32)14(23(33)36-37(4,34)35)9-31(18)22-17(26)6-16(25)21(27)29-22/h5-6,9-10,12,28H,7-8H2,1-4H3,(H2,27,29). The van der Waals surface area contributed by atoms with Gasteiger partial charge < -0.3 is 20.1 Å². The highest BCUT2D eigenvalue weighted by Crippen LogP contribution is 2.35. The van der Waals surface area contributed by atoms with Crippen LogP contribution in [0, 0.1) is 24.4 Å². The van der Waals surface area contributed by atoms with E-state index >= 15 is 4.39 Å². The predicted octanol–water partition coefficient (Wildman–Crippen LogP) is 2.00. The van der Waals surface area contributed by atoms with Crippen molar-refractivity contribution in [2.24, 2.45) is 0 Å². The summed E-state index contributed by atoms with van der Waals surface area (Å²) in [5.41, 5.74) is 3.97. The number of nitrogens with zero attached hydrogens (tertiary/aromatic N) is 3. The Kier molecular flexibility index (Phi) is 6.67. The Morgan fingerprint density at radius 1 is 1.19 bits per heavy atom. The largest absolute Gasteiger partial charge is 0.381 e.